The Kier molecular flexibility index (Phi) is 6.84. The van der Waals surface area contributed by atoms with Gasteiger partial charge >= 0.3 is 0 Å². The van der Waals surface area contributed by atoms with E-state index in [1.165, 1.54) is 41.1 Å². The smallest absolute Gasteiger partial charge is 0.269 e. The number of benzene rings is 1. The summed E-state index contributed by atoms with van der Waals surface area (Å²) in [6.45, 7) is 0.0806. The number of carbonyl (C=O) groups excluding carboxylic acids is 3. The monoisotopic (exact) mass is 336 g/mol. The molecule has 3 amide bonds. The molecule has 0 aliphatic heterocycles. The molecule has 1 rings (SSSR count). The van der Waals surface area contributed by atoms with Gasteiger partial charge in [0.05, 0.1) is 11.5 Å². The average molecular weight is 336 g/mol. The second kappa shape index (κ2) is 8.61. The van der Waals surface area contributed by atoms with Crippen molar-refractivity contribution in [2.45, 2.75) is 6.42 Å². The van der Waals surface area contributed by atoms with Gasteiger partial charge in [-0.15, -0.1) is 0 Å². The molecule has 1 aromatic rings. The van der Waals surface area contributed by atoms with Gasteiger partial charge in [-0.3, -0.25) is 24.5 Å². The molecule has 9 nitrogen and oxygen atoms in total. The second-order valence-corrected chi connectivity index (χ2v) is 5.35. The van der Waals surface area contributed by atoms with E-state index in [0.717, 1.165) is 0 Å². The third-order valence-electron chi connectivity index (χ3n) is 3.26. The molecule has 0 saturated carbocycles. The number of nitrogens with zero attached hydrogens (tertiary/aromatic N) is 3. The zero-order valence-corrected chi connectivity index (χ0v) is 13.8. The van der Waals surface area contributed by atoms with Gasteiger partial charge in [-0.25, -0.2) is 0 Å². The fourth-order valence-corrected chi connectivity index (χ4v) is 1.74. The highest BCUT2D eigenvalue weighted by molar-refractivity contribution is 5.94. The number of non-ortho nitro benzene ring substituents is 1. The van der Waals surface area contributed by atoms with Crippen molar-refractivity contribution in [3.05, 3.63) is 39.9 Å². The predicted octanol–water partition coefficient (Wildman–Crippen LogP) is 0.261. The molecule has 0 spiro atoms. The van der Waals surface area contributed by atoms with Gasteiger partial charge in [0.25, 0.3) is 11.6 Å². The molecule has 0 bridgehead atoms. The van der Waals surface area contributed by atoms with Gasteiger partial charge in [-0.2, -0.15) is 0 Å². The van der Waals surface area contributed by atoms with E-state index in [4.69, 9.17) is 0 Å². The summed E-state index contributed by atoms with van der Waals surface area (Å²) in [7, 11) is 4.72. The minimum atomic E-state index is -0.550. The molecule has 0 fully saturated rings. The Bertz CT molecular complexity index is 627. The number of amides is 3. The van der Waals surface area contributed by atoms with Gasteiger partial charge in [-0.1, -0.05) is 0 Å². The lowest BCUT2D eigenvalue weighted by Gasteiger charge is -2.19. The lowest BCUT2D eigenvalue weighted by Crippen LogP contribution is -2.39. The van der Waals surface area contributed by atoms with Crippen molar-refractivity contribution in [1.29, 1.82) is 0 Å². The van der Waals surface area contributed by atoms with Crippen LogP contribution in [0, 0.1) is 10.1 Å². The second-order valence-electron chi connectivity index (χ2n) is 5.35. The number of likely N-dealkylation sites (N-methyl/N-ethyl adjacent to an activating group) is 2. The molecular formula is C15H20N4O5. The zero-order valence-electron chi connectivity index (χ0n) is 13.8. The Hall–Kier alpha value is -2.97. The van der Waals surface area contributed by atoms with E-state index in [1.54, 1.807) is 14.1 Å². The number of nitro groups is 1. The summed E-state index contributed by atoms with van der Waals surface area (Å²) in [5, 5.41) is 13.1. The number of hydrogen-bond acceptors (Lipinski definition) is 5. The first-order chi connectivity index (χ1) is 11.2. The first-order valence-corrected chi connectivity index (χ1v) is 7.19. The van der Waals surface area contributed by atoms with E-state index < -0.39 is 10.8 Å². The number of rotatable bonds is 7. The Morgan fingerprint density at radius 3 is 2.17 bits per heavy atom. The third kappa shape index (κ3) is 5.67. The maximum atomic E-state index is 11.9. The first-order valence-electron chi connectivity index (χ1n) is 7.19. The Morgan fingerprint density at radius 1 is 1.08 bits per heavy atom. The lowest BCUT2D eigenvalue weighted by atomic mass is 10.2. The van der Waals surface area contributed by atoms with Gasteiger partial charge in [0.2, 0.25) is 11.8 Å². The molecule has 130 valence electrons. The van der Waals surface area contributed by atoms with E-state index in [-0.39, 0.29) is 42.6 Å². The summed E-state index contributed by atoms with van der Waals surface area (Å²) in [5.41, 5.74) is 0.165. The fourth-order valence-electron chi connectivity index (χ4n) is 1.74. The molecule has 0 aromatic heterocycles. The molecule has 9 heteroatoms. The summed E-state index contributed by atoms with van der Waals surface area (Å²) in [6.07, 6.45) is 0.0515. The summed E-state index contributed by atoms with van der Waals surface area (Å²) in [5.74, 6) is -0.889. The zero-order chi connectivity index (χ0) is 18.3. The lowest BCUT2D eigenvalue weighted by molar-refractivity contribution is -0.384. The summed E-state index contributed by atoms with van der Waals surface area (Å²) < 4.78 is 0. The van der Waals surface area contributed by atoms with E-state index >= 15 is 0 Å². The van der Waals surface area contributed by atoms with Gasteiger partial charge in [0.15, 0.2) is 0 Å². The standard InChI is InChI=1S/C15H20N4O5/c1-17(2)14(21)10-18(3)13(20)8-9-16-15(22)11-4-6-12(7-5-11)19(23)24/h4-7H,8-10H2,1-3H3,(H,16,22). The summed E-state index contributed by atoms with van der Waals surface area (Å²) in [6, 6.07) is 5.16. The minimum absolute atomic E-state index is 0.0257. The first kappa shape index (κ1) is 19.1. The highest BCUT2D eigenvalue weighted by Crippen LogP contribution is 2.11. The van der Waals surface area contributed by atoms with Gasteiger partial charge in [0, 0.05) is 51.8 Å². The van der Waals surface area contributed by atoms with Crippen LogP contribution < -0.4 is 5.32 Å². The maximum absolute atomic E-state index is 11.9. The van der Waals surface area contributed by atoms with Crippen molar-refractivity contribution in [2.75, 3.05) is 34.2 Å². The van der Waals surface area contributed by atoms with Crippen LogP contribution in [0.5, 0.6) is 0 Å². The topological polar surface area (TPSA) is 113 Å². The molecule has 1 N–H and O–H groups in total. The van der Waals surface area contributed by atoms with Crippen LogP contribution in [0.25, 0.3) is 0 Å². The van der Waals surface area contributed by atoms with Gasteiger partial charge in [0.1, 0.15) is 0 Å². The molecule has 0 heterocycles. The molecule has 0 aliphatic rings. The third-order valence-corrected chi connectivity index (χ3v) is 3.26. The molecule has 0 saturated heterocycles. The van der Waals surface area contributed by atoms with E-state index in [9.17, 15) is 24.5 Å². The molecule has 24 heavy (non-hydrogen) atoms. The molecule has 1 aromatic carbocycles. The Balaban J connectivity index is 2.43. The van der Waals surface area contributed by atoms with Crippen molar-refractivity contribution in [2.24, 2.45) is 0 Å². The molecule has 0 aliphatic carbocycles. The molecule has 0 atom stereocenters. The predicted molar refractivity (Wildman–Crippen MR) is 86.4 cm³/mol. The highest BCUT2D eigenvalue weighted by Gasteiger charge is 2.15. The van der Waals surface area contributed by atoms with Crippen LogP contribution in [0.15, 0.2) is 24.3 Å². The number of carbonyl (C=O) groups is 3. The Morgan fingerprint density at radius 2 is 1.67 bits per heavy atom. The molecular weight excluding hydrogens is 316 g/mol. The van der Waals surface area contributed by atoms with Gasteiger partial charge in [-0.05, 0) is 12.1 Å². The average Bonchev–Trinajstić information content (AvgIpc) is 2.54. The van der Waals surface area contributed by atoms with E-state index in [0.29, 0.717) is 0 Å². The maximum Gasteiger partial charge on any atom is 0.269 e. The van der Waals surface area contributed by atoms with Crippen LogP contribution in [0.1, 0.15) is 16.8 Å². The van der Waals surface area contributed by atoms with Gasteiger partial charge < -0.3 is 15.1 Å². The van der Waals surface area contributed by atoms with Crippen LogP contribution >= 0.6 is 0 Å². The largest absolute Gasteiger partial charge is 0.352 e. The number of hydrogen-bond donors (Lipinski definition) is 1. The van der Waals surface area contributed by atoms with E-state index in [1.807, 2.05) is 0 Å². The van der Waals surface area contributed by atoms with Crippen molar-refractivity contribution < 1.29 is 19.3 Å². The number of nitrogens with one attached hydrogen (secondary N) is 1. The van der Waals surface area contributed by atoms with Crippen LogP contribution in [0.2, 0.25) is 0 Å². The van der Waals surface area contributed by atoms with Crippen LogP contribution in [0.3, 0.4) is 0 Å². The SMILES string of the molecule is CN(C)C(=O)CN(C)C(=O)CCNC(=O)c1ccc([N+](=O)[O-])cc1. The van der Waals surface area contributed by atoms with Crippen molar-refractivity contribution >= 4 is 23.4 Å². The molecule has 0 radical (unpaired) electrons. The molecule has 0 unspecified atom stereocenters. The highest BCUT2D eigenvalue weighted by atomic mass is 16.6. The van der Waals surface area contributed by atoms with Crippen molar-refractivity contribution in [3.63, 3.8) is 0 Å². The van der Waals surface area contributed by atoms with Crippen LogP contribution in [-0.4, -0.2) is 66.7 Å². The van der Waals surface area contributed by atoms with Crippen LogP contribution in [0.4, 0.5) is 5.69 Å². The van der Waals surface area contributed by atoms with Crippen molar-refractivity contribution in [3.8, 4) is 0 Å². The minimum Gasteiger partial charge on any atom is -0.352 e. The Labute approximate surface area is 139 Å². The normalized spacial score (nSPS) is 9.96. The van der Waals surface area contributed by atoms with E-state index in [2.05, 4.69) is 5.32 Å². The summed E-state index contributed by atoms with van der Waals surface area (Å²) >= 11 is 0. The quantitative estimate of drug-likeness (QED) is 0.567. The van der Waals surface area contributed by atoms with Crippen LogP contribution in [-0.2, 0) is 9.59 Å². The number of nitro benzene ring substituents is 1. The summed E-state index contributed by atoms with van der Waals surface area (Å²) in [4.78, 5) is 47.9. The fraction of sp³-hybridized carbons (Fsp3) is 0.400. The van der Waals surface area contributed by atoms with Crippen molar-refractivity contribution in [1.82, 2.24) is 15.1 Å².